The van der Waals surface area contributed by atoms with E-state index in [0.717, 1.165) is 21.8 Å². The van der Waals surface area contributed by atoms with Crippen molar-refractivity contribution in [1.82, 2.24) is 20.2 Å². The van der Waals surface area contributed by atoms with Crippen LogP contribution >= 0.6 is 11.3 Å². The second kappa shape index (κ2) is 4.42. The Morgan fingerprint density at radius 2 is 2.20 bits per heavy atom. The van der Waals surface area contributed by atoms with Crippen molar-refractivity contribution in [1.29, 1.82) is 0 Å². The summed E-state index contributed by atoms with van der Waals surface area (Å²) in [5.74, 6) is 0.590. The highest BCUT2D eigenvalue weighted by molar-refractivity contribution is 7.19. The van der Waals surface area contributed by atoms with E-state index < -0.39 is 0 Å². The standard InChI is InChI=1S/C14H13N5S/c15-14-18-12(9-7-17-19-11(9)8-4-5-8)13(20-14)10-3-1-2-6-16-10/h1-3,6-8H,4-5H2,(H2,15,18)(H,17,19). The molecular weight excluding hydrogens is 270 g/mol. The van der Waals surface area contributed by atoms with Crippen molar-refractivity contribution in [3.8, 4) is 21.8 Å². The van der Waals surface area contributed by atoms with Crippen LogP contribution < -0.4 is 5.73 Å². The van der Waals surface area contributed by atoms with Crippen LogP contribution in [-0.2, 0) is 0 Å². The molecule has 0 unspecified atom stereocenters. The molecule has 0 radical (unpaired) electrons. The van der Waals surface area contributed by atoms with E-state index in [9.17, 15) is 0 Å². The minimum absolute atomic E-state index is 0.559. The van der Waals surface area contributed by atoms with Crippen molar-refractivity contribution in [2.24, 2.45) is 0 Å². The van der Waals surface area contributed by atoms with Crippen LogP contribution in [0.5, 0.6) is 0 Å². The summed E-state index contributed by atoms with van der Waals surface area (Å²) in [6.07, 6.45) is 6.06. The van der Waals surface area contributed by atoms with Crippen molar-refractivity contribution < 1.29 is 0 Å². The van der Waals surface area contributed by atoms with Crippen LogP contribution in [0.3, 0.4) is 0 Å². The zero-order valence-electron chi connectivity index (χ0n) is 10.7. The minimum Gasteiger partial charge on any atom is -0.375 e. The maximum absolute atomic E-state index is 5.91. The number of nitrogens with two attached hydrogens (primary N) is 1. The molecule has 5 nitrogen and oxygen atoms in total. The number of nitrogen functional groups attached to an aromatic ring is 1. The number of thiazole rings is 1. The number of anilines is 1. The molecule has 20 heavy (non-hydrogen) atoms. The molecule has 100 valence electrons. The Morgan fingerprint density at radius 3 is 2.95 bits per heavy atom. The van der Waals surface area contributed by atoms with Crippen molar-refractivity contribution in [3.63, 3.8) is 0 Å². The lowest BCUT2D eigenvalue weighted by atomic mass is 10.1. The number of rotatable bonds is 3. The van der Waals surface area contributed by atoms with Gasteiger partial charge in [-0.2, -0.15) is 5.10 Å². The average Bonchev–Trinajstić information content (AvgIpc) is 3.07. The Kier molecular flexibility index (Phi) is 2.56. The van der Waals surface area contributed by atoms with Gasteiger partial charge in [-0.25, -0.2) is 4.98 Å². The summed E-state index contributed by atoms with van der Waals surface area (Å²) >= 11 is 1.47. The maximum Gasteiger partial charge on any atom is 0.181 e. The van der Waals surface area contributed by atoms with Gasteiger partial charge in [-0.05, 0) is 25.0 Å². The normalized spacial score (nSPS) is 14.6. The molecule has 6 heteroatoms. The van der Waals surface area contributed by atoms with Gasteiger partial charge < -0.3 is 5.73 Å². The highest BCUT2D eigenvalue weighted by Gasteiger charge is 2.30. The van der Waals surface area contributed by atoms with Gasteiger partial charge in [-0.1, -0.05) is 17.4 Å². The maximum atomic E-state index is 5.91. The smallest absolute Gasteiger partial charge is 0.181 e. The molecule has 1 fully saturated rings. The minimum atomic E-state index is 0.559. The molecule has 0 spiro atoms. The number of hydrogen-bond acceptors (Lipinski definition) is 5. The van der Waals surface area contributed by atoms with Crippen LogP contribution in [-0.4, -0.2) is 20.2 Å². The van der Waals surface area contributed by atoms with Crippen molar-refractivity contribution in [3.05, 3.63) is 36.3 Å². The first-order valence-electron chi connectivity index (χ1n) is 6.54. The van der Waals surface area contributed by atoms with E-state index in [1.165, 1.54) is 29.9 Å². The molecule has 4 rings (SSSR count). The third kappa shape index (κ3) is 1.89. The second-order valence-corrected chi connectivity index (χ2v) is 5.95. The van der Waals surface area contributed by atoms with Gasteiger partial charge in [0.25, 0.3) is 0 Å². The van der Waals surface area contributed by atoms with Crippen molar-refractivity contribution in [2.45, 2.75) is 18.8 Å². The Labute approximate surface area is 119 Å². The SMILES string of the molecule is Nc1nc(-c2cn[nH]c2C2CC2)c(-c2ccccn2)s1. The first-order valence-corrected chi connectivity index (χ1v) is 7.36. The summed E-state index contributed by atoms with van der Waals surface area (Å²) in [5.41, 5.74) is 9.94. The third-order valence-electron chi connectivity index (χ3n) is 3.45. The quantitative estimate of drug-likeness (QED) is 0.774. The lowest BCUT2D eigenvalue weighted by molar-refractivity contribution is 0.966. The van der Waals surface area contributed by atoms with Gasteiger partial charge in [-0.3, -0.25) is 10.1 Å². The number of nitrogens with one attached hydrogen (secondary N) is 1. The fourth-order valence-corrected chi connectivity index (χ4v) is 3.18. The van der Waals surface area contributed by atoms with E-state index in [2.05, 4.69) is 20.2 Å². The van der Waals surface area contributed by atoms with Crippen molar-refractivity contribution >= 4 is 16.5 Å². The lowest BCUT2D eigenvalue weighted by Gasteiger charge is -2.02. The van der Waals surface area contributed by atoms with E-state index in [-0.39, 0.29) is 0 Å². The number of pyridine rings is 1. The summed E-state index contributed by atoms with van der Waals surface area (Å²) in [7, 11) is 0. The highest BCUT2D eigenvalue weighted by Crippen LogP contribution is 2.45. The number of H-pyrrole nitrogens is 1. The fraction of sp³-hybridized carbons (Fsp3) is 0.214. The Balaban J connectivity index is 1.88. The summed E-state index contributed by atoms with van der Waals surface area (Å²) < 4.78 is 0. The van der Waals surface area contributed by atoms with Crippen LogP contribution in [0.25, 0.3) is 21.8 Å². The summed E-state index contributed by atoms with van der Waals surface area (Å²) in [6, 6.07) is 5.85. The molecule has 0 aromatic carbocycles. The Bertz CT molecular complexity index is 742. The summed E-state index contributed by atoms with van der Waals surface area (Å²) in [6.45, 7) is 0. The van der Waals surface area contributed by atoms with Crippen molar-refractivity contribution in [2.75, 3.05) is 5.73 Å². The lowest BCUT2D eigenvalue weighted by Crippen LogP contribution is -1.89. The van der Waals surface area contributed by atoms with Gasteiger partial charge in [0.05, 0.1) is 22.5 Å². The van der Waals surface area contributed by atoms with Crippen LogP contribution in [0.4, 0.5) is 5.13 Å². The molecular formula is C14H13N5S. The van der Waals surface area contributed by atoms with E-state index in [0.29, 0.717) is 11.0 Å². The molecule has 0 saturated heterocycles. The monoisotopic (exact) mass is 283 g/mol. The van der Waals surface area contributed by atoms with Crippen LogP contribution in [0.15, 0.2) is 30.6 Å². The highest BCUT2D eigenvalue weighted by atomic mass is 32.1. The van der Waals surface area contributed by atoms with E-state index in [4.69, 9.17) is 5.73 Å². The van der Waals surface area contributed by atoms with Crippen LogP contribution in [0, 0.1) is 0 Å². The molecule has 0 aliphatic heterocycles. The molecule has 0 bridgehead atoms. The van der Waals surface area contributed by atoms with Gasteiger partial charge in [0, 0.05) is 23.4 Å². The van der Waals surface area contributed by atoms with Crippen LogP contribution in [0.1, 0.15) is 24.5 Å². The van der Waals surface area contributed by atoms with Gasteiger partial charge in [0.2, 0.25) is 0 Å². The molecule has 1 aliphatic carbocycles. The van der Waals surface area contributed by atoms with Gasteiger partial charge >= 0.3 is 0 Å². The summed E-state index contributed by atoms with van der Waals surface area (Å²) in [5, 5.41) is 7.85. The molecule has 0 atom stereocenters. The number of hydrogen-bond donors (Lipinski definition) is 2. The third-order valence-corrected chi connectivity index (χ3v) is 4.36. The average molecular weight is 283 g/mol. The number of nitrogens with zero attached hydrogens (tertiary/aromatic N) is 3. The molecule has 3 heterocycles. The topological polar surface area (TPSA) is 80.5 Å². The zero-order valence-corrected chi connectivity index (χ0v) is 11.5. The molecule has 1 aliphatic rings. The van der Waals surface area contributed by atoms with Gasteiger partial charge in [0.1, 0.15) is 0 Å². The largest absolute Gasteiger partial charge is 0.375 e. The molecule has 3 aromatic rings. The first-order chi connectivity index (χ1) is 9.83. The predicted octanol–water partition coefficient (Wildman–Crippen LogP) is 3.05. The number of aromatic amines is 1. The zero-order chi connectivity index (χ0) is 13.5. The summed E-state index contributed by atoms with van der Waals surface area (Å²) in [4.78, 5) is 9.91. The first kappa shape index (κ1) is 11.6. The predicted molar refractivity (Wildman–Crippen MR) is 79.3 cm³/mol. The van der Waals surface area contributed by atoms with E-state index >= 15 is 0 Å². The van der Waals surface area contributed by atoms with Crippen LogP contribution in [0.2, 0.25) is 0 Å². The molecule has 3 N–H and O–H groups in total. The number of aromatic nitrogens is 4. The van der Waals surface area contributed by atoms with E-state index in [1.807, 2.05) is 24.4 Å². The Morgan fingerprint density at radius 1 is 1.30 bits per heavy atom. The van der Waals surface area contributed by atoms with E-state index in [1.54, 1.807) is 6.20 Å². The van der Waals surface area contributed by atoms with Gasteiger partial charge in [0.15, 0.2) is 5.13 Å². The Hall–Kier alpha value is -2.21. The fourth-order valence-electron chi connectivity index (χ4n) is 2.36. The molecule has 0 amide bonds. The second-order valence-electron chi connectivity index (χ2n) is 4.92. The molecule has 3 aromatic heterocycles. The van der Waals surface area contributed by atoms with Gasteiger partial charge in [-0.15, -0.1) is 0 Å². The molecule has 1 saturated carbocycles.